The van der Waals surface area contributed by atoms with E-state index in [4.69, 9.17) is 9.47 Å². The zero-order valence-corrected chi connectivity index (χ0v) is 11.0. The average molecular weight is 224 g/mol. The van der Waals surface area contributed by atoms with Gasteiger partial charge >= 0.3 is 0 Å². The van der Waals surface area contributed by atoms with E-state index in [-0.39, 0.29) is 23.4 Å². The number of hydrogen-bond donors (Lipinski definition) is 0. The molecule has 0 aromatic carbocycles. The Hall–Kier alpha value is -0.600. The van der Waals surface area contributed by atoms with Gasteiger partial charge in [-0.05, 0) is 40.5 Å². The van der Waals surface area contributed by atoms with Crippen LogP contribution in [0.4, 0.5) is 0 Å². The lowest BCUT2D eigenvalue weighted by molar-refractivity contribution is -0.296. The summed E-state index contributed by atoms with van der Waals surface area (Å²) in [5.74, 6) is 0. The van der Waals surface area contributed by atoms with Gasteiger partial charge in [0.15, 0.2) is 0 Å². The van der Waals surface area contributed by atoms with Gasteiger partial charge in [-0.15, -0.1) is 13.2 Å². The summed E-state index contributed by atoms with van der Waals surface area (Å²) in [6.45, 7) is 15.9. The lowest BCUT2D eigenvalue weighted by atomic mass is 9.78. The van der Waals surface area contributed by atoms with Gasteiger partial charge in [0.1, 0.15) is 0 Å². The van der Waals surface area contributed by atoms with Crippen molar-refractivity contribution in [2.45, 2.75) is 63.9 Å². The van der Waals surface area contributed by atoms with Crippen molar-refractivity contribution in [2.24, 2.45) is 0 Å². The molecule has 0 saturated carbocycles. The maximum atomic E-state index is 6.15. The molecule has 0 amide bonds. The Balaban J connectivity index is 2.99. The second-order valence-corrected chi connectivity index (χ2v) is 5.09. The zero-order valence-electron chi connectivity index (χ0n) is 11.0. The van der Waals surface area contributed by atoms with Crippen molar-refractivity contribution in [2.75, 3.05) is 0 Å². The molecule has 1 rings (SSSR count). The Labute approximate surface area is 99.3 Å². The molecule has 1 fully saturated rings. The third-order valence-corrected chi connectivity index (χ3v) is 3.74. The van der Waals surface area contributed by atoms with Crippen molar-refractivity contribution < 1.29 is 9.47 Å². The summed E-state index contributed by atoms with van der Waals surface area (Å²) in [6, 6.07) is 0. The minimum absolute atomic E-state index is 0.114. The summed E-state index contributed by atoms with van der Waals surface area (Å²) in [7, 11) is 0. The lowest BCUT2D eigenvalue weighted by Crippen LogP contribution is -2.61. The summed E-state index contributed by atoms with van der Waals surface area (Å²) in [6.07, 6.45) is 5.59. The van der Waals surface area contributed by atoms with Crippen LogP contribution in [0.5, 0.6) is 0 Å². The van der Waals surface area contributed by atoms with E-state index in [2.05, 4.69) is 40.9 Å². The molecule has 0 aromatic rings. The lowest BCUT2D eigenvalue weighted by Gasteiger charge is -2.53. The molecule has 2 heteroatoms. The molecule has 2 nitrogen and oxygen atoms in total. The van der Waals surface area contributed by atoms with Crippen molar-refractivity contribution >= 4 is 0 Å². The molecular formula is C14H24O2. The maximum absolute atomic E-state index is 6.15. The first-order chi connectivity index (χ1) is 7.38. The van der Waals surface area contributed by atoms with E-state index < -0.39 is 0 Å². The van der Waals surface area contributed by atoms with Crippen LogP contribution >= 0.6 is 0 Å². The minimum Gasteiger partial charge on any atom is -0.366 e. The molecule has 92 valence electrons. The third-order valence-electron chi connectivity index (χ3n) is 3.74. The molecule has 4 unspecified atom stereocenters. The van der Waals surface area contributed by atoms with Crippen molar-refractivity contribution in [3.05, 3.63) is 25.3 Å². The Bertz CT molecular complexity index is 246. The highest BCUT2D eigenvalue weighted by atomic mass is 16.6. The summed E-state index contributed by atoms with van der Waals surface area (Å²) in [5.41, 5.74) is -0.649. The number of rotatable bonds is 4. The van der Waals surface area contributed by atoms with Crippen LogP contribution in [-0.4, -0.2) is 23.4 Å². The Kier molecular flexibility index (Phi) is 3.97. The first kappa shape index (κ1) is 13.5. The molecule has 1 aliphatic rings. The fourth-order valence-electron chi connectivity index (χ4n) is 2.34. The van der Waals surface area contributed by atoms with Crippen LogP contribution in [0, 0.1) is 0 Å². The van der Waals surface area contributed by atoms with Gasteiger partial charge in [-0.2, -0.15) is 0 Å². The second-order valence-electron chi connectivity index (χ2n) is 5.09. The van der Waals surface area contributed by atoms with Gasteiger partial charge in [0.2, 0.25) is 0 Å². The molecule has 0 aromatic heterocycles. The molecule has 0 bridgehead atoms. The Morgan fingerprint density at radius 1 is 0.938 bits per heavy atom. The van der Waals surface area contributed by atoms with E-state index in [0.29, 0.717) is 0 Å². The number of hydrogen-bond acceptors (Lipinski definition) is 2. The van der Waals surface area contributed by atoms with Crippen LogP contribution in [0.25, 0.3) is 0 Å². The fraction of sp³-hybridized carbons (Fsp3) is 0.714. The highest BCUT2D eigenvalue weighted by Crippen LogP contribution is 2.42. The maximum Gasteiger partial charge on any atom is 0.0982 e. The summed E-state index contributed by atoms with van der Waals surface area (Å²) < 4.78 is 12.3. The van der Waals surface area contributed by atoms with Crippen LogP contribution < -0.4 is 0 Å². The van der Waals surface area contributed by atoms with Gasteiger partial charge in [0.05, 0.1) is 23.4 Å². The van der Waals surface area contributed by atoms with E-state index in [0.717, 1.165) is 12.8 Å². The number of ether oxygens (including phenoxy) is 2. The fourth-order valence-corrected chi connectivity index (χ4v) is 2.34. The second kappa shape index (κ2) is 4.72. The van der Waals surface area contributed by atoms with Crippen LogP contribution in [0.15, 0.2) is 25.3 Å². The van der Waals surface area contributed by atoms with Crippen LogP contribution in [0.1, 0.15) is 40.5 Å². The highest BCUT2D eigenvalue weighted by Gasteiger charge is 2.51. The van der Waals surface area contributed by atoms with Gasteiger partial charge in [-0.25, -0.2) is 0 Å². The van der Waals surface area contributed by atoms with E-state index in [1.807, 2.05) is 12.2 Å². The predicted molar refractivity (Wildman–Crippen MR) is 67.5 cm³/mol. The smallest absolute Gasteiger partial charge is 0.0982 e. The summed E-state index contributed by atoms with van der Waals surface area (Å²) in [4.78, 5) is 0. The van der Waals surface area contributed by atoms with Gasteiger partial charge in [-0.3, -0.25) is 0 Å². The Morgan fingerprint density at radius 2 is 1.25 bits per heavy atom. The molecule has 1 heterocycles. The SMILES string of the molecule is C=CCC1(C)OC(C)C(C)OC1(C)CC=C. The van der Waals surface area contributed by atoms with Gasteiger partial charge in [-0.1, -0.05) is 12.2 Å². The molecule has 0 aliphatic carbocycles. The average Bonchev–Trinajstić information content (AvgIpc) is 2.16. The topological polar surface area (TPSA) is 18.5 Å². The van der Waals surface area contributed by atoms with Gasteiger partial charge in [0.25, 0.3) is 0 Å². The van der Waals surface area contributed by atoms with E-state index in [9.17, 15) is 0 Å². The van der Waals surface area contributed by atoms with Crippen LogP contribution in [0.2, 0.25) is 0 Å². The predicted octanol–water partition coefficient (Wildman–Crippen LogP) is 3.48. The van der Waals surface area contributed by atoms with E-state index >= 15 is 0 Å². The zero-order chi connectivity index (χ0) is 12.4. The Morgan fingerprint density at radius 3 is 1.50 bits per heavy atom. The molecule has 0 N–H and O–H groups in total. The molecular weight excluding hydrogens is 200 g/mol. The largest absolute Gasteiger partial charge is 0.366 e. The molecule has 4 atom stereocenters. The van der Waals surface area contributed by atoms with Crippen molar-refractivity contribution in [3.63, 3.8) is 0 Å². The van der Waals surface area contributed by atoms with Crippen molar-refractivity contribution in [1.82, 2.24) is 0 Å². The van der Waals surface area contributed by atoms with Crippen LogP contribution in [0.3, 0.4) is 0 Å². The van der Waals surface area contributed by atoms with E-state index in [1.165, 1.54) is 0 Å². The monoisotopic (exact) mass is 224 g/mol. The standard InChI is InChI=1S/C14H24O2/c1-7-9-13(5)14(6,10-8-2)16-12(4)11(3)15-13/h7-8,11-12H,1-2,9-10H2,3-6H3. The first-order valence-corrected chi connectivity index (χ1v) is 5.96. The molecule has 0 spiro atoms. The molecule has 0 radical (unpaired) electrons. The molecule has 1 saturated heterocycles. The van der Waals surface area contributed by atoms with Gasteiger partial charge < -0.3 is 9.47 Å². The minimum atomic E-state index is -0.325. The third kappa shape index (κ3) is 2.23. The first-order valence-electron chi connectivity index (χ1n) is 5.96. The normalized spacial score (nSPS) is 44.0. The summed E-state index contributed by atoms with van der Waals surface area (Å²) in [5, 5.41) is 0. The van der Waals surface area contributed by atoms with Crippen LogP contribution in [-0.2, 0) is 9.47 Å². The van der Waals surface area contributed by atoms with Crippen molar-refractivity contribution in [3.8, 4) is 0 Å². The molecule has 1 aliphatic heterocycles. The van der Waals surface area contributed by atoms with Gasteiger partial charge in [0, 0.05) is 0 Å². The molecule has 16 heavy (non-hydrogen) atoms. The highest BCUT2D eigenvalue weighted by molar-refractivity contribution is 5.06. The summed E-state index contributed by atoms with van der Waals surface area (Å²) >= 11 is 0. The van der Waals surface area contributed by atoms with E-state index in [1.54, 1.807) is 0 Å². The quantitative estimate of drug-likeness (QED) is 0.681. The van der Waals surface area contributed by atoms with Crippen molar-refractivity contribution in [1.29, 1.82) is 0 Å².